The number of alkyl carbamates (subject to hydrolysis) is 1. The first kappa shape index (κ1) is 57.0. The molecule has 0 spiro atoms. The first-order valence-electron chi connectivity index (χ1n) is 22.6. The van der Waals surface area contributed by atoms with Gasteiger partial charge in [-0.3, -0.25) is 9.59 Å². The molecule has 68 heavy (non-hydrogen) atoms. The maximum absolute atomic E-state index is 13.1. The summed E-state index contributed by atoms with van der Waals surface area (Å²) in [4.78, 5) is 66.8. The monoisotopic (exact) mass is 939 g/mol. The van der Waals surface area contributed by atoms with E-state index in [0.717, 1.165) is 101 Å². The lowest BCUT2D eigenvalue weighted by Crippen LogP contribution is -2.44. The van der Waals surface area contributed by atoms with E-state index in [0.29, 0.717) is 25.4 Å². The number of carbonyl (C=O) groups is 4. The summed E-state index contributed by atoms with van der Waals surface area (Å²) >= 11 is 0. The van der Waals surface area contributed by atoms with E-state index in [1.807, 2.05) is 37.9 Å². The number of amides is 4. The molecule has 17 heteroatoms. The smallest absolute Gasteiger partial charge is 0.407 e. The van der Waals surface area contributed by atoms with Crippen molar-refractivity contribution in [1.82, 2.24) is 35.1 Å². The fourth-order valence-corrected chi connectivity index (χ4v) is 7.28. The predicted octanol–water partition coefficient (Wildman–Crippen LogP) is 8.08. The molecule has 0 radical (unpaired) electrons. The molecule has 0 aliphatic carbocycles. The zero-order valence-corrected chi connectivity index (χ0v) is 40.9. The van der Waals surface area contributed by atoms with E-state index in [1.165, 1.54) is 33.5 Å². The van der Waals surface area contributed by atoms with E-state index >= 15 is 0 Å². The van der Waals surface area contributed by atoms with Gasteiger partial charge in [0.1, 0.15) is 30.5 Å². The Bertz CT molecular complexity index is 2380. The molecule has 0 saturated carbocycles. The van der Waals surface area contributed by atoms with Crippen LogP contribution in [0, 0.1) is 25.7 Å². The minimum atomic E-state index is -0.745. The van der Waals surface area contributed by atoms with Gasteiger partial charge in [0, 0.05) is 49.8 Å². The van der Waals surface area contributed by atoms with Crippen molar-refractivity contribution in [2.75, 3.05) is 41.1 Å². The first-order valence-corrected chi connectivity index (χ1v) is 22.6. The van der Waals surface area contributed by atoms with Crippen molar-refractivity contribution in [2.24, 2.45) is 5.73 Å². The Hall–Kier alpha value is -7.08. The Morgan fingerprint density at radius 1 is 0.838 bits per heavy atom. The van der Waals surface area contributed by atoms with Crippen LogP contribution in [0.3, 0.4) is 0 Å². The van der Waals surface area contributed by atoms with Crippen LogP contribution in [0.2, 0.25) is 0 Å². The highest BCUT2D eigenvalue weighted by atomic mass is 16.5. The standard InChI is InChI=1S/C39H47N7O5.C5H10O.C2H5NO2.2C2H2.CH4O/c1-7-10-36(47)45(23(4)8-2)20-34-40-18-32(43-34)26-11-13-28-27(15-26)22-51-33-17-29-25(16-30(28)33)12-14-31-38(29)44-35(42-31)21-46(24(5)9-3)37(48)19-41-39(49)50-6;1-2-4-6-5-3-1;1-5-2(3)4;3*1-2/h11-18,23-24H,7-10,19-22H2,1-6H3,(H,40,43)(H,41,49)(H,42,44);1-5H2;1H3,(H2,3,4);2*1-2H;2H,1H3/t23-,24-;;;;;/m0...../s1. The van der Waals surface area contributed by atoms with Crippen molar-refractivity contribution in [3.63, 3.8) is 0 Å². The van der Waals surface area contributed by atoms with Gasteiger partial charge < -0.3 is 54.9 Å². The molecule has 7 rings (SSSR count). The number of aliphatic hydroxyl groups excluding tert-OH is 1. The lowest BCUT2D eigenvalue weighted by molar-refractivity contribution is -0.134. The number of rotatable bonds is 13. The van der Waals surface area contributed by atoms with Crippen LogP contribution in [0.1, 0.15) is 96.8 Å². The Labute approximate surface area is 400 Å². The fourth-order valence-electron chi connectivity index (χ4n) is 7.28. The number of nitrogens with two attached hydrogens (primary N) is 1. The zero-order chi connectivity index (χ0) is 50.8. The van der Waals surface area contributed by atoms with Gasteiger partial charge >= 0.3 is 12.2 Å². The number of terminal acetylenes is 2. The summed E-state index contributed by atoms with van der Waals surface area (Å²) in [7, 11) is 3.49. The van der Waals surface area contributed by atoms with E-state index in [2.05, 4.69) is 111 Å². The quantitative estimate of drug-likeness (QED) is 0.0709. The van der Waals surface area contributed by atoms with E-state index in [1.54, 1.807) is 4.90 Å². The number of ether oxygens (including phenoxy) is 4. The van der Waals surface area contributed by atoms with Crippen molar-refractivity contribution in [1.29, 1.82) is 0 Å². The lowest BCUT2D eigenvalue weighted by Gasteiger charge is -2.27. The summed E-state index contributed by atoms with van der Waals surface area (Å²) in [6, 6.07) is 14.7. The number of nitrogens with one attached hydrogen (secondary N) is 3. The number of H-pyrrole nitrogens is 2. The minimum absolute atomic E-state index is 0.0561. The molecule has 368 valence electrons. The third-order valence-electron chi connectivity index (χ3n) is 11.2. The summed E-state index contributed by atoms with van der Waals surface area (Å²) in [5.41, 5.74) is 11.2. The van der Waals surface area contributed by atoms with Crippen LogP contribution in [0.25, 0.3) is 44.2 Å². The number of nitrogens with zero attached hydrogens (tertiary/aromatic N) is 4. The molecule has 2 aromatic heterocycles. The molecule has 4 amide bonds. The summed E-state index contributed by atoms with van der Waals surface area (Å²) in [5, 5.41) is 11.5. The van der Waals surface area contributed by atoms with Crippen LogP contribution in [0.5, 0.6) is 5.75 Å². The Kier molecular flexibility index (Phi) is 25.4. The van der Waals surface area contributed by atoms with Crippen molar-refractivity contribution in [2.45, 2.75) is 111 Å². The average molecular weight is 939 g/mol. The van der Waals surface area contributed by atoms with Crippen LogP contribution in [-0.2, 0) is 43.5 Å². The van der Waals surface area contributed by atoms with Crippen molar-refractivity contribution < 1.29 is 43.2 Å². The Morgan fingerprint density at radius 2 is 1.47 bits per heavy atom. The number of aromatic amines is 2. The van der Waals surface area contributed by atoms with Gasteiger partial charge in [-0.15, -0.1) is 25.7 Å². The Balaban J connectivity index is 0.000000805. The van der Waals surface area contributed by atoms with Crippen LogP contribution in [0.15, 0.2) is 48.7 Å². The maximum atomic E-state index is 13.1. The van der Waals surface area contributed by atoms with Gasteiger partial charge in [-0.25, -0.2) is 19.6 Å². The molecule has 3 aromatic carbocycles. The second-order valence-corrected chi connectivity index (χ2v) is 15.5. The van der Waals surface area contributed by atoms with Crippen LogP contribution in [0.4, 0.5) is 9.59 Å². The number of carbonyl (C=O) groups excluding carboxylic acids is 4. The fraction of sp³-hybridized carbons (Fsp3) is 0.451. The molecular weight excluding hydrogens is 869 g/mol. The first-order chi connectivity index (χ1) is 32.9. The number of imidazole rings is 2. The van der Waals surface area contributed by atoms with Gasteiger partial charge in [0.05, 0.1) is 50.2 Å². The predicted molar refractivity (Wildman–Crippen MR) is 266 cm³/mol. The third kappa shape index (κ3) is 16.1. The molecular formula is C51H70N8O9. The SMILES string of the molecule is C#C.C#C.C1CCOCC1.CCCC(=O)N(Cc1ncc(-c2ccc3c(c2)COc2cc4c(ccc5[nH]c(CN(C(=O)CNC(=O)OC)[C@@H](C)CC)nc54)cc2-3)[nH]1)[C@@H](C)CC.CO.COC(N)=O. The summed E-state index contributed by atoms with van der Waals surface area (Å²) in [6.45, 7) is 13.2. The number of aromatic nitrogens is 4. The number of hydrogen-bond acceptors (Lipinski definition) is 11. The molecule has 2 aliphatic heterocycles. The van der Waals surface area contributed by atoms with E-state index < -0.39 is 12.2 Å². The van der Waals surface area contributed by atoms with E-state index in [4.69, 9.17) is 19.6 Å². The molecule has 6 N–H and O–H groups in total. The lowest BCUT2D eigenvalue weighted by atomic mass is 9.92. The van der Waals surface area contributed by atoms with Crippen LogP contribution >= 0.6 is 0 Å². The molecule has 0 bridgehead atoms. The second-order valence-electron chi connectivity index (χ2n) is 15.5. The van der Waals surface area contributed by atoms with E-state index in [-0.39, 0.29) is 37.0 Å². The maximum Gasteiger partial charge on any atom is 0.407 e. The molecule has 2 atom stereocenters. The largest absolute Gasteiger partial charge is 0.488 e. The third-order valence-corrected chi connectivity index (χ3v) is 11.2. The number of hydrogen-bond donors (Lipinski definition) is 5. The number of fused-ring (bicyclic) bond motifs is 6. The normalized spacial score (nSPS) is 12.7. The Morgan fingerprint density at radius 3 is 2.03 bits per heavy atom. The number of benzene rings is 3. The summed E-state index contributed by atoms with van der Waals surface area (Å²) in [6.07, 6.45) is 23.4. The molecule has 17 nitrogen and oxygen atoms in total. The molecule has 2 aliphatic rings. The number of aliphatic hydroxyl groups is 1. The van der Waals surface area contributed by atoms with Crippen LogP contribution < -0.4 is 15.8 Å². The van der Waals surface area contributed by atoms with Gasteiger partial charge in [0.15, 0.2) is 0 Å². The van der Waals surface area contributed by atoms with E-state index in [9.17, 15) is 19.2 Å². The highest BCUT2D eigenvalue weighted by molar-refractivity contribution is 6.07. The van der Waals surface area contributed by atoms with Crippen molar-refractivity contribution in [3.8, 4) is 53.8 Å². The van der Waals surface area contributed by atoms with Gasteiger partial charge in [-0.1, -0.05) is 39.0 Å². The van der Waals surface area contributed by atoms with Gasteiger partial charge in [-0.2, -0.15) is 0 Å². The molecule has 0 unspecified atom stereocenters. The highest BCUT2D eigenvalue weighted by Gasteiger charge is 2.24. The topological polar surface area (TPSA) is 227 Å². The number of primary amides is 1. The molecule has 1 saturated heterocycles. The second kappa shape index (κ2) is 30.3. The minimum Gasteiger partial charge on any atom is -0.488 e. The van der Waals surface area contributed by atoms with Gasteiger partial charge in [0.25, 0.3) is 0 Å². The van der Waals surface area contributed by atoms with Crippen molar-refractivity contribution >= 4 is 45.8 Å². The summed E-state index contributed by atoms with van der Waals surface area (Å²) in [5.74, 6) is 2.15. The van der Waals surface area contributed by atoms with Gasteiger partial charge in [0.2, 0.25) is 11.8 Å². The highest BCUT2D eigenvalue weighted by Crippen LogP contribution is 2.42. The average Bonchev–Trinajstić information content (AvgIpc) is 4.05. The summed E-state index contributed by atoms with van der Waals surface area (Å²) < 4.78 is 19.9. The molecule has 1 fully saturated rings. The zero-order valence-electron chi connectivity index (χ0n) is 40.9. The van der Waals surface area contributed by atoms with Crippen LogP contribution in [-0.4, -0.2) is 112 Å². The van der Waals surface area contributed by atoms with Crippen molar-refractivity contribution in [3.05, 3.63) is 65.9 Å². The molecule has 5 aromatic rings. The molecule has 4 heterocycles. The number of methoxy groups -OCH3 is 2. The van der Waals surface area contributed by atoms with Gasteiger partial charge in [-0.05, 0) is 98.7 Å².